The topological polar surface area (TPSA) is 51.2 Å². The number of hydrogen-bond donors (Lipinski definition) is 1. The Labute approximate surface area is 99.6 Å². The number of fused-ring (bicyclic) bond motifs is 1. The molecule has 1 unspecified atom stereocenters. The quantitative estimate of drug-likeness (QED) is 0.874. The van der Waals surface area contributed by atoms with Crippen molar-refractivity contribution in [2.24, 2.45) is 0 Å². The molecule has 1 aromatic heterocycles. The minimum Gasteiger partial charge on any atom is -0.479 e. The largest absolute Gasteiger partial charge is 0.479 e. The first-order chi connectivity index (χ1) is 8.20. The number of nitrogens with one attached hydrogen (secondary N) is 1. The van der Waals surface area contributed by atoms with Gasteiger partial charge < -0.3 is 10.1 Å². The molecule has 0 aliphatic heterocycles. The lowest BCUT2D eigenvalue weighted by Gasteiger charge is -2.13. The van der Waals surface area contributed by atoms with E-state index in [4.69, 9.17) is 4.74 Å². The summed E-state index contributed by atoms with van der Waals surface area (Å²) in [5, 5.41) is 3.53. The van der Waals surface area contributed by atoms with Gasteiger partial charge in [-0.05, 0) is 19.1 Å². The van der Waals surface area contributed by atoms with E-state index in [9.17, 15) is 4.79 Å². The highest BCUT2D eigenvalue weighted by Crippen LogP contribution is 2.18. The Balaban J connectivity index is 2.22. The van der Waals surface area contributed by atoms with Crippen molar-refractivity contribution in [2.75, 3.05) is 7.05 Å². The second-order valence-electron chi connectivity index (χ2n) is 3.74. The van der Waals surface area contributed by atoms with Crippen molar-refractivity contribution in [3.05, 3.63) is 36.5 Å². The highest BCUT2D eigenvalue weighted by atomic mass is 16.5. The molecule has 1 amide bonds. The first-order valence-corrected chi connectivity index (χ1v) is 5.44. The summed E-state index contributed by atoms with van der Waals surface area (Å²) in [5.41, 5.74) is 0.910. The number of hydrogen-bond acceptors (Lipinski definition) is 3. The molecule has 2 aromatic rings. The number of pyridine rings is 1. The summed E-state index contributed by atoms with van der Waals surface area (Å²) in [7, 11) is 1.58. The number of benzene rings is 1. The first kappa shape index (κ1) is 11.4. The normalized spacial score (nSPS) is 12.1. The van der Waals surface area contributed by atoms with Gasteiger partial charge in [0.25, 0.3) is 5.91 Å². The van der Waals surface area contributed by atoms with E-state index in [0.717, 1.165) is 10.9 Å². The highest BCUT2D eigenvalue weighted by Gasteiger charge is 2.12. The van der Waals surface area contributed by atoms with Crippen LogP contribution in [0, 0.1) is 0 Å². The van der Waals surface area contributed by atoms with Gasteiger partial charge in [-0.15, -0.1) is 0 Å². The molecule has 88 valence electrons. The molecule has 0 aliphatic carbocycles. The zero-order valence-electron chi connectivity index (χ0n) is 9.81. The van der Waals surface area contributed by atoms with Gasteiger partial charge in [0.2, 0.25) is 0 Å². The maximum absolute atomic E-state index is 11.3. The monoisotopic (exact) mass is 230 g/mol. The van der Waals surface area contributed by atoms with Crippen LogP contribution in [0.1, 0.15) is 6.92 Å². The minimum atomic E-state index is -0.525. The number of aromatic nitrogens is 1. The van der Waals surface area contributed by atoms with Gasteiger partial charge in [0.15, 0.2) is 6.10 Å². The summed E-state index contributed by atoms with van der Waals surface area (Å²) in [6.45, 7) is 1.70. The summed E-state index contributed by atoms with van der Waals surface area (Å²) in [4.78, 5) is 15.6. The molecule has 2 rings (SSSR count). The lowest BCUT2D eigenvalue weighted by molar-refractivity contribution is -0.126. The molecule has 0 fully saturated rings. The molecule has 0 bridgehead atoms. The third kappa shape index (κ3) is 2.53. The summed E-state index contributed by atoms with van der Waals surface area (Å²) in [5.74, 6) is 0.443. The van der Waals surface area contributed by atoms with Gasteiger partial charge in [-0.1, -0.05) is 18.2 Å². The number of likely N-dealkylation sites (N-methyl/N-ethyl adjacent to an activating group) is 1. The van der Waals surface area contributed by atoms with Crippen molar-refractivity contribution in [2.45, 2.75) is 13.0 Å². The molecule has 0 saturated heterocycles. The predicted octanol–water partition coefficient (Wildman–Crippen LogP) is 1.75. The second kappa shape index (κ2) is 4.82. The van der Waals surface area contributed by atoms with Crippen molar-refractivity contribution in [1.82, 2.24) is 10.3 Å². The van der Waals surface area contributed by atoms with Gasteiger partial charge in [-0.3, -0.25) is 9.78 Å². The molecule has 0 aliphatic rings. The Morgan fingerprint density at radius 3 is 2.94 bits per heavy atom. The molecule has 1 heterocycles. The molecule has 0 radical (unpaired) electrons. The summed E-state index contributed by atoms with van der Waals surface area (Å²) in [6.07, 6.45) is 1.10. The van der Waals surface area contributed by atoms with Gasteiger partial charge in [0.05, 0.1) is 11.7 Å². The summed E-state index contributed by atoms with van der Waals surface area (Å²) < 4.78 is 5.50. The van der Waals surface area contributed by atoms with Crippen LogP contribution in [0.2, 0.25) is 0 Å². The number of amides is 1. The van der Waals surface area contributed by atoms with Crippen molar-refractivity contribution in [1.29, 1.82) is 0 Å². The molecule has 1 atom stereocenters. The van der Waals surface area contributed by atoms with Crippen LogP contribution in [0.5, 0.6) is 5.75 Å². The van der Waals surface area contributed by atoms with Crippen molar-refractivity contribution < 1.29 is 9.53 Å². The van der Waals surface area contributed by atoms with Gasteiger partial charge in [0.1, 0.15) is 5.75 Å². The minimum absolute atomic E-state index is 0.154. The van der Waals surface area contributed by atoms with Gasteiger partial charge >= 0.3 is 0 Å². The Bertz CT molecular complexity index is 540. The Hall–Kier alpha value is -2.10. The molecule has 4 nitrogen and oxygen atoms in total. The molecule has 4 heteroatoms. The number of carbonyl (C=O) groups excluding carboxylic acids is 1. The Morgan fingerprint density at radius 1 is 1.41 bits per heavy atom. The smallest absolute Gasteiger partial charge is 0.260 e. The average Bonchev–Trinajstić information content (AvgIpc) is 2.37. The van der Waals surface area contributed by atoms with E-state index in [2.05, 4.69) is 10.3 Å². The molecule has 0 spiro atoms. The maximum atomic E-state index is 11.3. The van der Waals surface area contributed by atoms with Crippen LogP contribution < -0.4 is 10.1 Å². The fourth-order valence-electron chi connectivity index (χ4n) is 1.58. The summed E-state index contributed by atoms with van der Waals surface area (Å²) in [6, 6.07) is 9.64. The molecule has 1 aromatic carbocycles. The second-order valence-corrected chi connectivity index (χ2v) is 3.74. The first-order valence-electron chi connectivity index (χ1n) is 5.44. The van der Waals surface area contributed by atoms with Gasteiger partial charge in [-0.2, -0.15) is 0 Å². The fraction of sp³-hybridized carbons (Fsp3) is 0.231. The standard InChI is InChI=1S/C13H14N2O2/c1-9(13(16)14-2)17-11-7-10-5-3-4-6-12(10)15-8-11/h3-9H,1-2H3,(H,14,16). The van der Waals surface area contributed by atoms with E-state index in [1.807, 2.05) is 30.3 Å². The van der Waals surface area contributed by atoms with E-state index in [1.165, 1.54) is 0 Å². The highest BCUT2D eigenvalue weighted by molar-refractivity contribution is 5.81. The predicted molar refractivity (Wildman–Crippen MR) is 65.9 cm³/mol. The van der Waals surface area contributed by atoms with Crippen LogP contribution >= 0.6 is 0 Å². The zero-order chi connectivity index (χ0) is 12.3. The van der Waals surface area contributed by atoms with E-state index in [-0.39, 0.29) is 5.91 Å². The van der Waals surface area contributed by atoms with Crippen LogP contribution in [-0.4, -0.2) is 24.0 Å². The van der Waals surface area contributed by atoms with Crippen molar-refractivity contribution in [3.8, 4) is 5.75 Å². The van der Waals surface area contributed by atoms with Crippen molar-refractivity contribution in [3.63, 3.8) is 0 Å². The van der Waals surface area contributed by atoms with Gasteiger partial charge in [-0.25, -0.2) is 0 Å². The van der Waals surface area contributed by atoms with Crippen LogP contribution in [0.25, 0.3) is 10.9 Å². The third-order valence-electron chi connectivity index (χ3n) is 2.49. The zero-order valence-corrected chi connectivity index (χ0v) is 9.81. The number of ether oxygens (including phenoxy) is 1. The third-order valence-corrected chi connectivity index (χ3v) is 2.49. The van der Waals surface area contributed by atoms with E-state index in [0.29, 0.717) is 5.75 Å². The molecular weight excluding hydrogens is 216 g/mol. The molecule has 17 heavy (non-hydrogen) atoms. The van der Waals surface area contributed by atoms with Gasteiger partial charge in [0, 0.05) is 12.4 Å². The molecular formula is C13H14N2O2. The average molecular weight is 230 g/mol. The van der Waals surface area contributed by atoms with Crippen LogP contribution in [0.3, 0.4) is 0 Å². The number of nitrogens with zero attached hydrogens (tertiary/aromatic N) is 1. The van der Waals surface area contributed by atoms with Crippen LogP contribution in [0.4, 0.5) is 0 Å². The summed E-state index contributed by atoms with van der Waals surface area (Å²) >= 11 is 0. The lowest BCUT2D eigenvalue weighted by atomic mass is 10.2. The molecule has 1 N–H and O–H groups in total. The van der Waals surface area contributed by atoms with E-state index in [1.54, 1.807) is 20.2 Å². The number of para-hydroxylation sites is 1. The Kier molecular flexibility index (Phi) is 3.23. The van der Waals surface area contributed by atoms with E-state index < -0.39 is 6.10 Å². The Morgan fingerprint density at radius 2 is 2.18 bits per heavy atom. The van der Waals surface area contributed by atoms with Crippen LogP contribution in [0.15, 0.2) is 36.5 Å². The van der Waals surface area contributed by atoms with E-state index >= 15 is 0 Å². The number of carbonyl (C=O) groups is 1. The molecule has 0 saturated carbocycles. The number of rotatable bonds is 3. The fourth-order valence-corrected chi connectivity index (χ4v) is 1.58. The van der Waals surface area contributed by atoms with Crippen molar-refractivity contribution >= 4 is 16.8 Å². The SMILES string of the molecule is CNC(=O)C(C)Oc1cnc2ccccc2c1. The van der Waals surface area contributed by atoms with Crippen LogP contribution in [-0.2, 0) is 4.79 Å². The maximum Gasteiger partial charge on any atom is 0.260 e. The lowest BCUT2D eigenvalue weighted by Crippen LogP contribution is -2.33.